The van der Waals surface area contributed by atoms with Gasteiger partial charge in [-0.2, -0.15) is 0 Å². The molecule has 1 unspecified atom stereocenters. The maximum Gasteiger partial charge on any atom is 0.0195 e. The van der Waals surface area contributed by atoms with Gasteiger partial charge >= 0.3 is 0 Å². The average molecular weight is 250 g/mol. The molecule has 0 amide bonds. The van der Waals surface area contributed by atoms with E-state index in [2.05, 4.69) is 10.2 Å². The van der Waals surface area contributed by atoms with E-state index in [9.17, 15) is 0 Å². The van der Waals surface area contributed by atoms with Crippen LogP contribution in [0.3, 0.4) is 0 Å². The van der Waals surface area contributed by atoms with E-state index >= 15 is 0 Å². The fraction of sp³-hybridized carbons (Fsp3) is 1.00. The summed E-state index contributed by atoms with van der Waals surface area (Å²) in [5, 5.41) is 3.81. The molecule has 2 saturated carbocycles. The Hall–Kier alpha value is -0.0800. The van der Waals surface area contributed by atoms with Crippen molar-refractivity contribution in [3.8, 4) is 0 Å². The lowest BCUT2D eigenvalue weighted by Gasteiger charge is -2.36. The molecule has 0 spiro atoms. The third kappa shape index (κ3) is 3.96. The van der Waals surface area contributed by atoms with E-state index in [4.69, 9.17) is 0 Å². The summed E-state index contributed by atoms with van der Waals surface area (Å²) in [5.41, 5.74) is 0. The molecule has 0 aromatic carbocycles. The minimum atomic E-state index is 0.794. The number of nitrogens with zero attached hydrogens (tertiary/aromatic N) is 1. The fourth-order valence-electron chi connectivity index (χ4n) is 3.78. The van der Waals surface area contributed by atoms with Gasteiger partial charge in [0, 0.05) is 19.1 Å². The first kappa shape index (κ1) is 12.9. The average Bonchev–Trinajstić information content (AvgIpc) is 3.22. The van der Waals surface area contributed by atoms with Crippen molar-refractivity contribution >= 4 is 0 Å². The smallest absolute Gasteiger partial charge is 0.0195 e. The van der Waals surface area contributed by atoms with Crippen molar-refractivity contribution in [1.82, 2.24) is 10.2 Å². The van der Waals surface area contributed by atoms with E-state index in [1.54, 1.807) is 0 Å². The molecule has 18 heavy (non-hydrogen) atoms. The number of hydrogen-bond acceptors (Lipinski definition) is 2. The zero-order chi connectivity index (χ0) is 12.2. The predicted octanol–water partition coefficient (Wildman–Crippen LogP) is 3.03. The second-order valence-electron chi connectivity index (χ2n) is 6.95. The Morgan fingerprint density at radius 3 is 2.44 bits per heavy atom. The molecule has 1 heterocycles. The normalized spacial score (nSPS) is 31.7. The third-order valence-electron chi connectivity index (χ3n) is 5.14. The van der Waals surface area contributed by atoms with Crippen LogP contribution < -0.4 is 5.32 Å². The highest BCUT2D eigenvalue weighted by molar-refractivity contribution is 4.83. The first-order valence-electron chi connectivity index (χ1n) is 8.36. The molecule has 0 aromatic heterocycles. The molecule has 104 valence electrons. The lowest BCUT2D eigenvalue weighted by atomic mass is 9.88. The van der Waals surface area contributed by atoms with Crippen molar-refractivity contribution in [2.24, 2.45) is 11.8 Å². The summed E-state index contributed by atoms with van der Waals surface area (Å²) in [6.45, 7) is 5.37. The second-order valence-corrected chi connectivity index (χ2v) is 6.95. The fourth-order valence-corrected chi connectivity index (χ4v) is 3.78. The monoisotopic (exact) mass is 250 g/mol. The van der Waals surface area contributed by atoms with Crippen LogP contribution in [-0.4, -0.2) is 37.1 Å². The zero-order valence-corrected chi connectivity index (χ0v) is 11.9. The first-order chi connectivity index (χ1) is 8.90. The standard InChI is InChI=1S/C16H30N2/c1-2-5-15(6-3-1)12-18-10-4-7-16(13-18)17-11-14-8-9-14/h14-17H,1-13H2. The summed E-state index contributed by atoms with van der Waals surface area (Å²) in [6.07, 6.45) is 13.2. The Balaban J connectivity index is 1.38. The Labute approximate surface area is 113 Å². The van der Waals surface area contributed by atoms with Crippen molar-refractivity contribution in [1.29, 1.82) is 0 Å². The van der Waals surface area contributed by atoms with Crippen LogP contribution in [0.4, 0.5) is 0 Å². The van der Waals surface area contributed by atoms with E-state index in [-0.39, 0.29) is 0 Å². The van der Waals surface area contributed by atoms with Gasteiger partial charge in [0.2, 0.25) is 0 Å². The van der Waals surface area contributed by atoms with Gasteiger partial charge in [0.25, 0.3) is 0 Å². The van der Waals surface area contributed by atoms with Crippen LogP contribution in [-0.2, 0) is 0 Å². The van der Waals surface area contributed by atoms with Crippen molar-refractivity contribution in [2.75, 3.05) is 26.2 Å². The summed E-state index contributed by atoms with van der Waals surface area (Å²) in [5.74, 6) is 2.04. The molecule has 1 aliphatic heterocycles. The highest BCUT2D eigenvalue weighted by Gasteiger charge is 2.26. The van der Waals surface area contributed by atoms with Gasteiger partial charge in [0.15, 0.2) is 0 Å². The molecule has 0 radical (unpaired) electrons. The van der Waals surface area contributed by atoms with Gasteiger partial charge in [-0.25, -0.2) is 0 Å². The lowest BCUT2D eigenvalue weighted by molar-refractivity contribution is 0.149. The van der Waals surface area contributed by atoms with E-state index in [1.165, 1.54) is 84.0 Å². The molecule has 2 nitrogen and oxygen atoms in total. The molecule has 1 N–H and O–H groups in total. The van der Waals surface area contributed by atoms with Crippen molar-refractivity contribution in [3.05, 3.63) is 0 Å². The Bertz CT molecular complexity index is 243. The van der Waals surface area contributed by atoms with Gasteiger partial charge < -0.3 is 10.2 Å². The molecule has 2 heteroatoms. The molecule has 1 atom stereocenters. The summed E-state index contributed by atoms with van der Waals surface area (Å²) < 4.78 is 0. The Kier molecular flexibility index (Phi) is 4.58. The van der Waals surface area contributed by atoms with Crippen LogP contribution in [0.5, 0.6) is 0 Å². The number of likely N-dealkylation sites (tertiary alicyclic amines) is 1. The minimum absolute atomic E-state index is 0.794. The molecule has 3 rings (SSSR count). The van der Waals surface area contributed by atoms with E-state index in [1.807, 2.05) is 0 Å². The van der Waals surface area contributed by atoms with E-state index in [0.717, 1.165) is 17.9 Å². The molecule has 2 aliphatic carbocycles. The zero-order valence-electron chi connectivity index (χ0n) is 11.9. The maximum absolute atomic E-state index is 3.81. The Morgan fingerprint density at radius 1 is 0.833 bits per heavy atom. The maximum atomic E-state index is 3.81. The van der Waals surface area contributed by atoms with Crippen LogP contribution in [0.25, 0.3) is 0 Å². The van der Waals surface area contributed by atoms with Crippen molar-refractivity contribution < 1.29 is 0 Å². The highest BCUT2D eigenvalue weighted by Crippen LogP contribution is 2.28. The van der Waals surface area contributed by atoms with Crippen LogP contribution in [0.1, 0.15) is 57.8 Å². The molecular weight excluding hydrogens is 220 g/mol. The quantitative estimate of drug-likeness (QED) is 0.807. The Morgan fingerprint density at radius 2 is 1.67 bits per heavy atom. The van der Waals surface area contributed by atoms with Crippen LogP contribution >= 0.6 is 0 Å². The van der Waals surface area contributed by atoms with Crippen molar-refractivity contribution in [3.63, 3.8) is 0 Å². The minimum Gasteiger partial charge on any atom is -0.312 e. The lowest BCUT2D eigenvalue weighted by Crippen LogP contribution is -2.47. The molecule has 0 bridgehead atoms. The van der Waals surface area contributed by atoms with Gasteiger partial charge in [-0.1, -0.05) is 19.3 Å². The first-order valence-corrected chi connectivity index (χ1v) is 8.36. The number of piperidine rings is 1. The summed E-state index contributed by atoms with van der Waals surface area (Å²) in [7, 11) is 0. The van der Waals surface area contributed by atoms with Crippen LogP contribution in [0.2, 0.25) is 0 Å². The second kappa shape index (κ2) is 6.38. The third-order valence-corrected chi connectivity index (χ3v) is 5.14. The predicted molar refractivity (Wildman–Crippen MR) is 76.8 cm³/mol. The highest BCUT2D eigenvalue weighted by atomic mass is 15.2. The number of rotatable bonds is 5. The number of hydrogen-bond donors (Lipinski definition) is 1. The van der Waals surface area contributed by atoms with Gasteiger partial charge in [0.1, 0.15) is 0 Å². The van der Waals surface area contributed by atoms with Crippen LogP contribution in [0.15, 0.2) is 0 Å². The molecular formula is C16H30N2. The van der Waals surface area contributed by atoms with Gasteiger partial charge in [0.05, 0.1) is 0 Å². The van der Waals surface area contributed by atoms with Gasteiger partial charge in [-0.15, -0.1) is 0 Å². The van der Waals surface area contributed by atoms with E-state index in [0.29, 0.717) is 0 Å². The molecule has 1 saturated heterocycles. The number of nitrogens with one attached hydrogen (secondary N) is 1. The summed E-state index contributed by atoms with van der Waals surface area (Å²) >= 11 is 0. The largest absolute Gasteiger partial charge is 0.312 e. The SMILES string of the molecule is C1CCC(CN2CCCC(NCC3CC3)C2)CC1. The molecule has 3 aliphatic rings. The van der Waals surface area contributed by atoms with E-state index < -0.39 is 0 Å². The topological polar surface area (TPSA) is 15.3 Å². The summed E-state index contributed by atoms with van der Waals surface area (Å²) in [4.78, 5) is 2.75. The van der Waals surface area contributed by atoms with Gasteiger partial charge in [-0.3, -0.25) is 0 Å². The summed E-state index contributed by atoms with van der Waals surface area (Å²) in [6, 6.07) is 0.794. The van der Waals surface area contributed by atoms with Crippen LogP contribution in [0, 0.1) is 11.8 Å². The van der Waals surface area contributed by atoms with Gasteiger partial charge in [-0.05, 0) is 63.5 Å². The van der Waals surface area contributed by atoms with Crippen molar-refractivity contribution in [2.45, 2.75) is 63.8 Å². The molecule has 3 fully saturated rings. The molecule has 0 aromatic rings.